The van der Waals surface area contributed by atoms with Crippen molar-refractivity contribution in [2.24, 2.45) is 0 Å². The first-order valence-corrected chi connectivity index (χ1v) is 9.10. The summed E-state index contributed by atoms with van der Waals surface area (Å²) in [6, 6.07) is 8.04. The zero-order valence-electron chi connectivity index (χ0n) is 15.6. The van der Waals surface area contributed by atoms with Crippen LogP contribution in [-0.2, 0) is 12.8 Å². The van der Waals surface area contributed by atoms with Crippen LogP contribution in [0, 0.1) is 6.92 Å². The number of para-hydroxylation sites is 1. The van der Waals surface area contributed by atoms with Gasteiger partial charge < -0.3 is 10.6 Å². The largest absolute Gasteiger partial charge is 0.351 e. The molecule has 1 aromatic heterocycles. The molecule has 1 heterocycles. The molecule has 0 radical (unpaired) electrons. The molecule has 0 unspecified atom stereocenters. The fraction of sp³-hybridized carbons (Fsp3) is 0.450. The van der Waals surface area contributed by atoms with E-state index in [0.29, 0.717) is 23.9 Å². The van der Waals surface area contributed by atoms with Crippen LogP contribution in [0.4, 0.5) is 11.5 Å². The molecule has 5 nitrogen and oxygen atoms in total. The number of unbranched alkanes of at least 4 members (excludes halogenated alkanes) is 1. The quantitative estimate of drug-likeness (QED) is 0.707. The second-order valence-electron chi connectivity index (χ2n) is 6.08. The van der Waals surface area contributed by atoms with E-state index < -0.39 is 0 Å². The number of nitrogens with one attached hydrogen (secondary N) is 2. The normalized spacial score (nSPS) is 10.6. The van der Waals surface area contributed by atoms with Crippen LogP contribution in [0.2, 0.25) is 0 Å². The van der Waals surface area contributed by atoms with Crippen LogP contribution in [0.3, 0.4) is 0 Å². The van der Waals surface area contributed by atoms with Crippen molar-refractivity contribution in [1.82, 2.24) is 15.3 Å². The number of nitrogens with zero attached hydrogens (tertiary/aromatic N) is 2. The van der Waals surface area contributed by atoms with E-state index in [9.17, 15) is 4.79 Å². The van der Waals surface area contributed by atoms with Crippen LogP contribution in [0.25, 0.3) is 0 Å². The number of amides is 1. The lowest BCUT2D eigenvalue weighted by molar-refractivity contribution is 0.0948. The third-order valence-corrected chi connectivity index (χ3v) is 4.14. The maximum absolute atomic E-state index is 12.3. The Morgan fingerprint density at radius 3 is 2.36 bits per heavy atom. The standard InChI is InChI=1S/C20H28N4O/c1-5-8-12-21-20(25)17-13-18(23-14(4)22-17)24-19-15(6-2)10-9-11-16(19)7-3/h9-11,13H,5-8,12H2,1-4H3,(H,21,25)(H,22,23,24). The van der Waals surface area contributed by atoms with Gasteiger partial charge in [-0.3, -0.25) is 4.79 Å². The molecular formula is C20H28N4O. The third-order valence-electron chi connectivity index (χ3n) is 4.14. The second kappa shape index (κ2) is 9.16. The fourth-order valence-corrected chi connectivity index (χ4v) is 2.75. The summed E-state index contributed by atoms with van der Waals surface area (Å²) in [4.78, 5) is 21.0. The smallest absolute Gasteiger partial charge is 0.270 e. The SMILES string of the molecule is CCCCNC(=O)c1cc(Nc2c(CC)cccc2CC)nc(C)n1. The molecule has 0 saturated carbocycles. The molecule has 0 spiro atoms. The van der Waals surface area contributed by atoms with E-state index in [0.717, 1.165) is 31.4 Å². The summed E-state index contributed by atoms with van der Waals surface area (Å²) < 4.78 is 0. The van der Waals surface area contributed by atoms with Gasteiger partial charge in [0.2, 0.25) is 0 Å². The summed E-state index contributed by atoms with van der Waals surface area (Å²) >= 11 is 0. The van der Waals surface area contributed by atoms with E-state index in [-0.39, 0.29) is 5.91 Å². The van der Waals surface area contributed by atoms with Crippen LogP contribution in [0.15, 0.2) is 24.3 Å². The Hall–Kier alpha value is -2.43. The van der Waals surface area contributed by atoms with Crippen LogP contribution < -0.4 is 10.6 Å². The van der Waals surface area contributed by atoms with Crippen LogP contribution in [0.5, 0.6) is 0 Å². The van der Waals surface area contributed by atoms with Crippen molar-refractivity contribution in [2.45, 2.75) is 53.4 Å². The minimum absolute atomic E-state index is 0.151. The van der Waals surface area contributed by atoms with Gasteiger partial charge in [0.25, 0.3) is 5.91 Å². The first-order valence-electron chi connectivity index (χ1n) is 9.10. The summed E-state index contributed by atoms with van der Waals surface area (Å²) in [7, 11) is 0. The molecule has 0 aliphatic rings. The molecule has 1 amide bonds. The Labute approximate surface area is 150 Å². The summed E-state index contributed by atoms with van der Waals surface area (Å²) in [6.07, 6.45) is 3.88. The first kappa shape index (κ1) is 18.9. The number of hydrogen-bond donors (Lipinski definition) is 2. The van der Waals surface area contributed by atoms with Gasteiger partial charge in [-0.15, -0.1) is 0 Å². The highest BCUT2D eigenvalue weighted by atomic mass is 16.1. The number of carbonyl (C=O) groups excluding carboxylic acids is 1. The molecule has 2 rings (SSSR count). The molecule has 134 valence electrons. The highest BCUT2D eigenvalue weighted by Crippen LogP contribution is 2.26. The van der Waals surface area contributed by atoms with Crippen molar-refractivity contribution >= 4 is 17.4 Å². The number of anilines is 2. The molecule has 0 aliphatic carbocycles. The van der Waals surface area contributed by atoms with Gasteiger partial charge in [0, 0.05) is 18.3 Å². The number of carbonyl (C=O) groups is 1. The molecule has 2 aromatic rings. The third kappa shape index (κ3) is 5.02. The van der Waals surface area contributed by atoms with E-state index in [1.54, 1.807) is 13.0 Å². The Balaban J connectivity index is 2.28. The Bertz CT molecular complexity index is 705. The van der Waals surface area contributed by atoms with Crippen molar-refractivity contribution in [1.29, 1.82) is 0 Å². The molecule has 1 aromatic carbocycles. The van der Waals surface area contributed by atoms with Gasteiger partial charge in [0.05, 0.1) is 0 Å². The van der Waals surface area contributed by atoms with Crippen LogP contribution in [0.1, 0.15) is 61.1 Å². The lowest BCUT2D eigenvalue weighted by atomic mass is 10.0. The minimum Gasteiger partial charge on any atom is -0.351 e. The highest BCUT2D eigenvalue weighted by molar-refractivity contribution is 5.93. The van der Waals surface area contributed by atoms with Crippen LogP contribution >= 0.6 is 0 Å². The van der Waals surface area contributed by atoms with Crippen molar-refractivity contribution in [3.05, 3.63) is 46.9 Å². The molecule has 0 bridgehead atoms. The summed E-state index contributed by atoms with van der Waals surface area (Å²) in [6.45, 7) is 8.84. The van der Waals surface area contributed by atoms with Gasteiger partial charge in [-0.2, -0.15) is 0 Å². The molecule has 5 heteroatoms. The topological polar surface area (TPSA) is 66.9 Å². The Morgan fingerprint density at radius 2 is 1.76 bits per heavy atom. The predicted octanol–water partition coefficient (Wildman–Crippen LogP) is 4.18. The molecule has 0 atom stereocenters. The summed E-state index contributed by atoms with van der Waals surface area (Å²) in [5.41, 5.74) is 3.97. The second-order valence-corrected chi connectivity index (χ2v) is 6.08. The Morgan fingerprint density at radius 1 is 1.08 bits per heavy atom. The molecule has 25 heavy (non-hydrogen) atoms. The number of aryl methyl sites for hydroxylation is 3. The monoisotopic (exact) mass is 340 g/mol. The van der Waals surface area contributed by atoms with Gasteiger partial charge in [0.15, 0.2) is 0 Å². The molecule has 0 saturated heterocycles. The van der Waals surface area contributed by atoms with E-state index in [1.807, 2.05) is 0 Å². The number of rotatable bonds is 8. The molecular weight excluding hydrogens is 312 g/mol. The van der Waals surface area contributed by atoms with Gasteiger partial charge in [-0.05, 0) is 37.3 Å². The first-order chi connectivity index (χ1) is 12.1. The van der Waals surface area contributed by atoms with Crippen molar-refractivity contribution in [3.8, 4) is 0 Å². The maximum atomic E-state index is 12.3. The van der Waals surface area contributed by atoms with Crippen LogP contribution in [-0.4, -0.2) is 22.4 Å². The van der Waals surface area contributed by atoms with E-state index in [1.165, 1.54) is 11.1 Å². The van der Waals surface area contributed by atoms with E-state index >= 15 is 0 Å². The average molecular weight is 340 g/mol. The molecule has 0 aliphatic heterocycles. The van der Waals surface area contributed by atoms with Crippen molar-refractivity contribution in [2.75, 3.05) is 11.9 Å². The van der Waals surface area contributed by atoms with E-state index in [4.69, 9.17) is 0 Å². The lowest BCUT2D eigenvalue weighted by Crippen LogP contribution is -2.25. The van der Waals surface area contributed by atoms with Gasteiger partial charge in [-0.25, -0.2) is 9.97 Å². The number of benzene rings is 1. The average Bonchev–Trinajstić information content (AvgIpc) is 2.61. The Kier molecular flexibility index (Phi) is 6.92. The lowest BCUT2D eigenvalue weighted by Gasteiger charge is -2.15. The van der Waals surface area contributed by atoms with Gasteiger partial charge >= 0.3 is 0 Å². The number of aromatic nitrogens is 2. The van der Waals surface area contributed by atoms with Crippen molar-refractivity contribution in [3.63, 3.8) is 0 Å². The zero-order valence-corrected chi connectivity index (χ0v) is 15.6. The van der Waals surface area contributed by atoms with E-state index in [2.05, 4.69) is 59.6 Å². The molecule has 2 N–H and O–H groups in total. The highest BCUT2D eigenvalue weighted by Gasteiger charge is 2.12. The van der Waals surface area contributed by atoms with Gasteiger partial charge in [0.1, 0.15) is 17.3 Å². The maximum Gasteiger partial charge on any atom is 0.270 e. The summed E-state index contributed by atoms with van der Waals surface area (Å²) in [5, 5.41) is 6.32. The predicted molar refractivity (Wildman–Crippen MR) is 102 cm³/mol. The fourth-order valence-electron chi connectivity index (χ4n) is 2.75. The van der Waals surface area contributed by atoms with Crippen molar-refractivity contribution < 1.29 is 4.79 Å². The van der Waals surface area contributed by atoms with Gasteiger partial charge in [-0.1, -0.05) is 45.4 Å². The summed E-state index contributed by atoms with van der Waals surface area (Å²) in [5.74, 6) is 1.09. The number of hydrogen-bond acceptors (Lipinski definition) is 4. The minimum atomic E-state index is -0.151. The zero-order chi connectivity index (χ0) is 18.2. The molecule has 0 fully saturated rings.